The molecule has 258 valence electrons. The summed E-state index contributed by atoms with van der Waals surface area (Å²) in [5.74, 6) is 0.573. The van der Waals surface area contributed by atoms with Crippen molar-refractivity contribution in [3.05, 3.63) is 12.3 Å². The molecule has 0 saturated heterocycles. The minimum Gasteiger partial charge on any atom is -0.384 e. The highest BCUT2D eigenvalue weighted by Gasteiger charge is 2.21. The summed E-state index contributed by atoms with van der Waals surface area (Å²) >= 11 is 0. The van der Waals surface area contributed by atoms with Crippen molar-refractivity contribution in [2.75, 3.05) is 33.4 Å². The minimum absolute atomic E-state index is 0.122. The molecule has 0 N–H and O–H groups in total. The molecule has 0 heterocycles. The third kappa shape index (κ3) is 29.9. The van der Waals surface area contributed by atoms with Crippen LogP contribution in [0, 0.1) is 5.92 Å². The van der Waals surface area contributed by atoms with Gasteiger partial charge in [-0.25, -0.2) is 0 Å². The van der Waals surface area contributed by atoms with E-state index in [4.69, 9.17) is 9.47 Å². The van der Waals surface area contributed by atoms with E-state index >= 15 is 0 Å². The zero-order valence-corrected chi connectivity index (χ0v) is 30.8. The van der Waals surface area contributed by atoms with Crippen molar-refractivity contribution in [1.29, 1.82) is 0 Å². The number of unbranched alkanes of at least 4 members (excludes halogenated alkanes) is 22. The molecule has 0 amide bonds. The van der Waals surface area contributed by atoms with Crippen molar-refractivity contribution in [2.45, 2.75) is 207 Å². The summed E-state index contributed by atoms with van der Waals surface area (Å²) in [7, 11) is 1.80. The number of rotatable bonds is 35. The first-order valence-corrected chi connectivity index (χ1v) is 19.4. The molecule has 1 atom stereocenters. The monoisotopic (exact) mass is 608 g/mol. The Morgan fingerprint density at radius 2 is 0.953 bits per heavy atom. The molecule has 0 aliphatic heterocycles. The smallest absolute Gasteiger partial charge is 0.0865 e. The average Bonchev–Trinajstić information content (AvgIpc) is 2.99. The standard InChI is InChI=1S/C40H81NO2/c1-8-10-12-14-16-18-20-22-24-26-28-30-34-41(35-31-29-27-25-23-21-19-17-15-13-11-9-2)39(4)37-43-40(5,6)33-32-38(3)36-42-7/h38H,4,8-37H2,1-3,5-7H3. The SMILES string of the molecule is C=C(COC(C)(C)CCC(C)COC)N(CCCCCCCCCCCCCC)CCCCCCCCCCCCCC. The van der Waals surface area contributed by atoms with Gasteiger partial charge in [0, 0.05) is 32.5 Å². The van der Waals surface area contributed by atoms with Gasteiger partial charge in [-0.15, -0.1) is 0 Å². The van der Waals surface area contributed by atoms with Crippen LogP contribution in [0.2, 0.25) is 0 Å². The maximum absolute atomic E-state index is 6.45. The van der Waals surface area contributed by atoms with Gasteiger partial charge < -0.3 is 14.4 Å². The number of hydrogen-bond donors (Lipinski definition) is 0. The summed E-state index contributed by atoms with van der Waals surface area (Å²) in [6, 6.07) is 0. The molecule has 0 aromatic carbocycles. The second-order valence-electron chi connectivity index (χ2n) is 14.5. The van der Waals surface area contributed by atoms with E-state index in [2.05, 4.69) is 46.1 Å². The fourth-order valence-corrected chi connectivity index (χ4v) is 6.12. The van der Waals surface area contributed by atoms with Crippen LogP contribution in [-0.2, 0) is 9.47 Å². The Morgan fingerprint density at radius 3 is 1.30 bits per heavy atom. The maximum atomic E-state index is 6.45. The fourth-order valence-electron chi connectivity index (χ4n) is 6.12. The number of ether oxygens (including phenoxy) is 2. The second kappa shape index (κ2) is 31.4. The Morgan fingerprint density at radius 1 is 0.605 bits per heavy atom. The van der Waals surface area contributed by atoms with Crippen LogP contribution in [0.1, 0.15) is 202 Å². The lowest BCUT2D eigenvalue weighted by Crippen LogP contribution is -2.32. The predicted molar refractivity (Wildman–Crippen MR) is 193 cm³/mol. The summed E-state index contributed by atoms with van der Waals surface area (Å²) in [5.41, 5.74) is 1.06. The van der Waals surface area contributed by atoms with Gasteiger partial charge in [0.05, 0.1) is 12.2 Å². The molecule has 0 fully saturated rings. The lowest BCUT2D eigenvalue weighted by molar-refractivity contribution is -0.0238. The van der Waals surface area contributed by atoms with Crippen molar-refractivity contribution in [2.24, 2.45) is 5.92 Å². The van der Waals surface area contributed by atoms with Gasteiger partial charge in [-0.1, -0.05) is 169 Å². The highest BCUT2D eigenvalue weighted by Crippen LogP contribution is 2.22. The summed E-state index contributed by atoms with van der Waals surface area (Å²) < 4.78 is 11.8. The number of methoxy groups -OCH3 is 1. The molecule has 0 saturated carbocycles. The van der Waals surface area contributed by atoms with Crippen molar-refractivity contribution in [1.82, 2.24) is 4.90 Å². The van der Waals surface area contributed by atoms with Gasteiger partial charge in [-0.05, 0) is 45.4 Å². The molecule has 3 heteroatoms. The van der Waals surface area contributed by atoms with Gasteiger partial charge in [0.1, 0.15) is 0 Å². The van der Waals surface area contributed by atoms with Gasteiger partial charge in [-0.3, -0.25) is 0 Å². The summed E-state index contributed by atoms with van der Waals surface area (Å²) in [6.07, 6.45) is 35.9. The van der Waals surface area contributed by atoms with E-state index in [-0.39, 0.29) is 5.60 Å². The Balaban J connectivity index is 4.33. The Labute approximate surface area is 272 Å². The van der Waals surface area contributed by atoms with E-state index in [0.29, 0.717) is 12.5 Å². The molecular weight excluding hydrogens is 526 g/mol. The molecule has 0 bridgehead atoms. The molecule has 0 radical (unpaired) electrons. The molecule has 0 rings (SSSR count). The van der Waals surface area contributed by atoms with Crippen molar-refractivity contribution >= 4 is 0 Å². The lowest BCUT2D eigenvalue weighted by Gasteiger charge is -2.31. The molecule has 1 unspecified atom stereocenters. The maximum Gasteiger partial charge on any atom is 0.0865 e. The largest absolute Gasteiger partial charge is 0.384 e. The third-order valence-corrected chi connectivity index (χ3v) is 9.33. The predicted octanol–water partition coefficient (Wildman–Crippen LogP) is 13.1. The number of nitrogens with zero attached hydrogens (tertiary/aromatic N) is 1. The highest BCUT2D eigenvalue weighted by atomic mass is 16.5. The van der Waals surface area contributed by atoms with Crippen molar-refractivity contribution in [3.63, 3.8) is 0 Å². The van der Waals surface area contributed by atoms with E-state index in [0.717, 1.165) is 32.5 Å². The minimum atomic E-state index is -0.122. The molecule has 0 aromatic heterocycles. The summed E-state index contributed by atoms with van der Waals surface area (Å²) in [6.45, 7) is 19.6. The quantitative estimate of drug-likeness (QED) is 0.0669. The van der Waals surface area contributed by atoms with Crippen LogP contribution in [0.25, 0.3) is 0 Å². The second-order valence-corrected chi connectivity index (χ2v) is 14.5. The van der Waals surface area contributed by atoms with Crippen LogP contribution in [0.5, 0.6) is 0 Å². The zero-order valence-electron chi connectivity index (χ0n) is 30.8. The molecule has 0 aliphatic carbocycles. The van der Waals surface area contributed by atoms with Gasteiger partial charge in [0.15, 0.2) is 0 Å². The molecule has 43 heavy (non-hydrogen) atoms. The van der Waals surface area contributed by atoms with E-state index in [1.54, 1.807) is 7.11 Å². The van der Waals surface area contributed by atoms with Gasteiger partial charge in [0.2, 0.25) is 0 Å². The first-order chi connectivity index (χ1) is 20.9. The van der Waals surface area contributed by atoms with Crippen molar-refractivity contribution in [3.8, 4) is 0 Å². The highest BCUT2D eigenvalue weighted by molar-refractivity contribution is 4.95. The normalized spacial score (nSPS) is 12.6. The van der Waals surface area contributed by atoms with Crippen LogP contribution in [0.15, 0.2) is 12.3 Å². The van der Waals surface area contributed by atoms with Gasteiger partial charge >= 0.3 is 0 Å². The molecule has 3 nitrogen and oxygen atoms in total. The molecule has 0 aromatic rings. The zero-order chi connectivity index (χ0) is 31.9. The van der Waals surface area contributed by atoms with Gasteiger partial charge in [-0.2, -0.15) is 0 Å². The Bertz CT molecular complexity index is 547. The Kier molecular flexibility index (Phi) is 31.0. The van der Waals surface area contributed by atoms with Crippen LogP contribution >= 0.6 is 0 Å². The van der Waals surface area contributed by atoms with Crippen LogP contribution in [0.3, 0.4) is 0 Å². The van der Waals surface area contributed by atoms with E-state index in [9.17, 15) is 0 Å². The molecule has 0 spiro atoms. The van der Waals surface area contributed by atoms with Crippen LogP contribution in [-0.4, -0.2) is 43.9 Å². The summed E-state index contributed by atoms with van der Waals surface area (Å²) in [5, 5.41) is 0. The van der Waals surface area contributed by atoms with Crippen LogP contribution in [0.4, 0.5) is 0 Å². The Hall–Kier alpha value is -0.540. The topological polar surface area (TPSA) is 21.7 Å². The average molecular weight is 608 g/mol. The molecule has 0 aliphatic rings. The lowest BCUT2D eigenvalue weighted by atomic mass is 9.96. The summed E-state index contributed by atoms with van der Waals surface area (Å²) in [4.78, 5) is 2.57. The van der Waals surface area contributed by atoms with Gasteiger partial charge in [0.25, 0.3) is 0 Å². The van der Waals surface area contributed by atoms with Crippen LogP contribution < -0.4 is 0 Å². The van der Waals surface area contributed by atoms with E-state index in [1.807, 2.05) is 0 Å². The van der Waals surface area contributed by atoms with E-state index < -0.39 is 0 Å². The first kappa shape index (κ1) is 42.5. The molecular formula is C40H81NO2. The third-order valence-electron chi connectivity index (χ3n) is 9.33. The fraction of sp³-hybridized carbons (Fsp3) is 0.950. The van der Waals surface area contributed by atoms with E-state index in [1.165, 1.54) is 160 Å². The van der Waals surface area contributed by atoms with Crippen molar-refractivity contribution < 1.29 is 9.47 Å². The number of hydrogen-bond acceptors (Lipinski definition) is 3. The first-order valence-electron chi connectivity index (χ1n) is 19.4.